The topological polar surface area (TPSA) is 75.8 Å². The monoisotopic (exact) mass is 513 g/mol. The predicted octanol–water partition coefficient (Wildman–Crippen LogP) is 3.82. The fraction of sp³-hybridized carbons (Fsp3) is 0.571. The number of aliphatic imine (C=N–C) groups is 1. The Morgan fingerprint density at radius 3 is 2.69 bits per heavy atom. The van der Waals surface area contributed by atoms with Crippen molar-refractivity contribution in [2.24, 2.45) is 10.9 Å². The van der Waals surface area contributed by atoms with Crippen molar-refractivity contribution in [3.8, 4) is 0 Å². The van der Waals surface area contributed by atoms with Crippen LogP contribution in [0.25, 0.3) is 0 Å². The number of rotatable bonds is 7. The fourth-order valence-electron chi connectivity index (χ4n) is 3.61. The number of piperidine rings is 1. The van der Waals surface area contributed by atoms with Gasteiger partial charge in [0.25, 0.3) is 0 Å². The molecule has 160 valence electrons. The Morgan fingerprint density at radius 2 is 2.03 bits per heavy atom. The Hall–Kier alpha value is -1.68. The van der Waals surface area contributed by atoms with Crippen molar-refractivity contribution in [2.75, 3.05) is 26.7 Å². The number of hydrogen-bond acceptors (Lipinski definition) is 5. The first kappa shape index (κ1) is 23.6. The third kappa shape index (κ3) is 6.95. The van der Waals surface area contributed by atoms with E-state index in [1.54, 1.807) is 0 Å². The molecule has 0 spiro atoms. The minimum atomic E-state index is -0.162. The number of ether oxygens (including phenoxy) is 1. The van der Waals surface area contributed by atoms with Crippen molar-refractivity contribution in [1.82, 2.24) is 20.4 Å². The maximum absolute atomic E-state index is 5.50. The molecule has 0 bridgehead atoms. The lowest BCUT2D eigenvalue weighted by Crippen LogP contribution is -2.45. The molecule has 1 saturated heterocycles. The summed E-state index contributed by atoms with van der Waals surface area (Å²) in [5.41, 5.74) is 1.43. The zero-order valence-electron chi connectivity index (χ0n) is 17.5. The third-order valence-corrected chi connectivity index (χ3v) is 5.15. The smallest absolute Gasteiger partial charge is 0.246 e. The Bertz CT molecular complexity index is 745. The van der Waals surface area contributed by atoms with Crippen molar-refractivity contribution in [2.45, 2.75) is 45.8 Å². The Morgan fingerprint density at radius 1 is 1.31 bits per heavy atom. The lowest BCUT2D eigenvalue weighted by atomic mass is 9.90. The standard InChI is InChI=1S/C21H31N5O2.HI/c1-4-27-16(2)20-24-19(28-25-20)15-23-21(22-3)26-12-10-18(11-13-26)14-17-8-6-5-7-9-17;/h5-9,16,18H,4,10-15H2,1-3H3,(H,22,23);1H. The molecule has 0 aliphatic carbocycles. The maximum Gasteiger partial charge on any atom is 0.246 e. The average molecular weight is 513 g/mol. The molecule has 1 atom stereocenters. The Balaban J connectivity index is 0.00000300. The van der Waals surface area contributed by atoms with Crippen LogP contribution in [0.15, 0.2) is 39.8 Å². The molecule has 1 aromatic heterocycles. The highest BCUT2D eigenvalue weighted by molar-refractivity contribution is 14.0. The van der Waals surface area contributed by atoms with Crippen molar-refractivity contribution in [1.29, 1.82) is 0 Å². The van der Waals surface area contributed by atoms with Gasteiger partial charge in [0, 0.05) is 26.7 Å². The molecule has 3 rings (SSSR count). The summed E-state index contributed by atoms with van der Waals surface area (Å²) >= 11 is 0. The second-order valence-corrected chi connectivity index (χ2v) is 7.16. The molecule has 2 heterocycles. The zero-order valence-corrected chi connectivity index (χ0v) is 19.8. The highest BCUT2D eigenvalue weighted by atomic mass is 127. The van der Waals surface area contributed by atoms with Gasteiger partial charge in [0.05, 0.1) is 6.54 Å². The number of hydrogen-bond donors (Lipinski definition) is 1. The van der Waals surface area contributed by atoms with Crippen molar-refractivity contribution < 1.29 is 9.26 Å². The second kappa shape index (κ2) is 12.1. The van der Waals surface area contributed by atoms with Crippen LogP contribution in [-0.4, -0.2) is 47.7 Å². The average Bonchev–Trinajstić information content (AvgIpc) is 3.20. The lowest BCUT2D eigenvalue weighted by molar-refractivity contribution is 0.0683. The van der Waals surface area contributed by atoms with Gasteiger partial charge in [-0.2, -0.15) is 4.98 Å². The van der Waals surface area contributed by atoms with Crippen LogP contribution in [0.1, 0.15) is 50.1 Å². The molecule has 1 unspecified atom stereocenters. The van der Waals surface area contributed by atoms with Crippen LogP contribution in [0.2, 0.25) is 0 Å². The van der Waals surface area contributed by atoms with E-state index in [1.165, 1.54) is 18.4 Å². The maximum atomic E-state index is 5.50. The largest absolute Gasteiger partial charge is 0.371 e. The van der Waals surface area contributed by atoms with Gasteiger partial charge < -0.3 is 19.5 Å². The number of benzene rings is 1. The van der Waals surface area contributed by atoms with Crippen molar-refractivity contribution in [3.63, 3.8) is 0 Å². The van der Waals surface area contributed by atoms with Gasteiger partial charge in [-0.05, 0) is 44.6 Å². The summed E-state index contributed by atoms with van der Waals surface area (Å²) in [5.74, 6) is 2.74. The molecule has 0 radical (unpaired) electrons. The normalized spacial score (nSPS) is 16.4. The first-order valence-corrected chi connectivity index (χ1v) is 10.1. The van der Waals surface area contributed by atoms with Gasteiger partial charge in [0.1, 0.15) is 6.10 Å². The van der Waals surface area contributed by atoms with Gasteiger partial charge in [-0.1, -0.05) is 35.5 Å². The molecule has 1 aliphatic heterocycles. The van der Waals surface area contributed by atoms with Crippen LogP contribution in [0.3, 0.4) is 0 Å². The van der Waals surface area contributed by atoms with E-state index in [0.29, 0.717) is 24.9 Å². The summed E-state index contributed by atoms with van der Waals surface area (Å²) in [7, 11) is 1.81. The third-order valence-electron chi connectivity index (χ3n) is 5.15. The summed E-state index contributed by atoms with van der Waals surface area (Å²) < 4.78 is 10.8. The quantitative estimate of drug-likeness (QED) is 0.345. The highest BCUT2D eigenvalue weighted by Crippen LogP contribution is 2.21. The van der Waals surface area contributed by atoms with E-state index < -0.39 is 0 Å². The van der Waals surface area contributed by atoms with Crippen LogP contribution in [0, 0.1) is 5.92 Å². The van der Waals surface area contributed by atoms with Gasteiger partial charge in [-0.15, -0.1) is 24.0 Å². The van der Waals surface area contributed by atoms with Gasteiger partial charge >= 0.3 is 0 Å². The van der Waals surface area contributed by atoms with Gasteiger partial charge in [0.15, 0.2) is 11.8 Å². The lowest BCUT2D eigenvalue weighted by Gasteiger charge is -2.34. The van der Waals surface area contributed by atoms with Crippen molar-refractivity contribution >= 4 is 29.9 Å². The van der Waals surface area contributed by atoms with E-state index in [4.69, 9.17) is 9.26 Å². The number of halogens is 1. The number of nitrogens with zero attached hydrogens (tertiary/aromatic N) is 4. The number of likely N-dealkylation sites (tertiary alicyclic amines) is 1. The molecule has 1 fully saturated rings. The molecule has 2 aromatic rings. The first-order valence-electron chi connectivity index (χ1n) is 10.1. The zero-order chi connectivity index (χ0) is 19.8. The van der Waals surface area contributed by atoms with Crippen molar-refractivity contribution in [3.05, 3.63) is 47.6 Å². The van der Waals surface area contributed by atoms with E-state index in [2.05, 4.69) is 55.7 Å². The van der Waals surface area contributed by atoms with E-state index in [9.17, 15) is 0 Å². The molecular formula is C21H32IN5O2. The second-order valence-electron chi connectivity index (χ2n) is 7.16. The molecule has 7 nitrogen and oxygen atoms in total. The van der Waals surface area contributed by atoms with E-state index in [1.807, 2.05) is 20.9 Å². The Kier molecular flexibility index (Phi) is 9.86. The van der Waals surface area contributed by atoms with E-state index >= 15 is 0 Å². The summed E-state index contributed by atoms with van der Waals surface area (Å²) in [6.45, 7) is 6.97. The minimum Gasteiger partial charge on any atom is -0.371 e. The predicted molar refractivity (Wildman–Crippen MR) is 124 cm³/mol. The van der Waals surface area contributed by atoms with Crippen LogP contribution in [0.4, 0.5) is 0 Å². The van der Waals surface area contributed by atoms with Gasteiger partial charge in [-0.25, -0.2) is 0 Å². The van der Waals surface area contributed by atoms with Crippen LogP contribution in [0.5, 0.6) is 0 Å². The van der Waals surface area contributed by atoms with E-state index in [0.717, 1.165) is 31.4 Å². The first-order chi connectivity index (χ1) is 13.7. The van der Waals surface area contributed by atoms with Gasteiger partial charge in [0.2, 0.25) is 5.89 Å². The molecule has 29 heavy (non-hydrogen) atoms. The van der Waals surface area contributed by atoms with Crippen LogP contribution in [-0.2, 0) is 17.7 Å². The molecule has 0 amide bonds. The molecule has 1 aromatic carbocycles. The SMILES string of the molecule is CCOC(C)c1noc(CNC(=NC)N2CCC(Cc3ccccc3)CC2)n1.I. The molecular weight excluding hydrogens is 481 g/mol. The molecule has 1 N–H and O–H groups in total. The minimum absolute atomic E-state index is 0. The number of aromatic nitrogens is 2. The summed E-state index contributed by atoms with van der Waals surface area (Å²) in [6.07, 6.45) is 3.34. The van der Waals surface area contributed by atoms with Crippen LogP contribution >= 0.6 is 24.0 Å². The van der Waals surface area contributed by atoms with Crippen LogP contribution < -0.4 is 5.32 Å². The molecule has 8 heteroatoms. The molecule has 1 aliphatic rings. The fourth-order valence-corrected chi connectivity index (χ4v) is 3.61. The molecule has 0 saturated carbocycles. The van der Waals surface area contributed by atoms with Gasteiger partial charge in [-0.3, -0.25) is 4.99 Å². The summed E-state index contributed by atoms with van der Waals surface area (Å²) in [4.78, 5) is 11.1. The van der Waals surface area contributed by atoms with E-state index in [-0.39, 0.29) is 30.1 Å². The number of nitrogens with one attached hydrogen (secondary N) is 1. The highest BCUT2D eigenvalue weighted by Gasteiger charge is 2.22. The number of guanidine groups is 1. The summed E-state index contributed by atoms with van der Waals surface area (Å²) in [5, 5.41) is 7.34. The summed E-state index contributed by atoms with van der Waals surface area (Å²) in [6, 6.07) is 10.8. The Labute approximate surface area is 190 Å².